The average Bonchev–Trinajstić information content (AvgIpc) is 2.74. The standard InChI is InChI=1S/C21H16F3N3O4/c1-27-17(28)11-10-16(26-27)20(30)31-18(13-6-3-2-4-7-13)19(29)25-15-9-5-8-14(12-15)21(22,23)24/h2-12,18H,1H3,(H,25,29). The zero-order chi connectivity index (χ0) is 22.6. The first kappa shape index (κ1) is 21.8. The van der Waals surface area contributed by atoms with Crippen molar-refractivity contribution < 1.29 is 27.5 Å². The van der Waals surface area contributed by atoms with Gasteiger partial charge in [0.1, 0.15) is 0 Å². The van der Waals surface area contributed by atoms with Crippen molar-refractivity contribution >= 4 is 17.6 Å². The minimum atomic E-state index is -4.58. The number of amides is 1. The summed E-state index contributed by atoms with van der Waals surface area (Å²) in [6.07, 6.45) is -6.05. The number of nitrogens with one attached hydrogen (secondary N) is 1. The summed E-state index contributed by atoms with van der Waals surface area (Å²) < 4.78 is 45.0. The second-order valence-electron chi connectivity index (χ2n) is 6.44. The Morgan fingerprint density at radius 3 is 2.39 bits per heavy atom. The van der Waals surface area contributed by atoms with Crippen molar-refractivity contribution in [3.63, 3.8) is 0 Å². The van der Waals surface area contributed by atoms with Gasteiger partial charge in [-0.2, -0.15) is 18.3 Å². The number of benzene rings is 2. The van der Waals surface area contributed by atoms with Crippen LogP contribution in [0.4, 0.5) is 18.9 Å². The Bertz CT molecular complexity index is 1160. The van der Waals surface area contributed by atoms with Crippen molar-refractivity contribution in [1.29, 1.82) is 0 Å². The van der Waals surface area contributed by atoms with Gasteiger partial charge in [-0.3, -0.25) is 9.59 Å². The predicted molar refractivity (Wildman–Crippen MR) is 104 cm³/mol. The number of carbonyl (C=O) groups is 2. The topological polar surface area (TPSA) is 90.3 Å². The molecule has 160 valence electrons. The zero-order valence-corrected chi connectivity index (χ0v) is 16.1. The van der Waals surface area contributed by atoms with E-state index >= 15 is 0 Å². The summed E-state index contributed by atoms with van der Waals surface area (Å²) in [4.78, 5) is 36.8. The summed E-state index contributed by atoms with van der Waals surface area (Å²) in [5.74, 6) is -1.84. The molecule has 1 N–H and O–H groups in total. The molecule has 0 aliphatic heterocycles. The molecule has 1 amide bonds. The molecule has 7 nitrogen and oxygen atoms in total. The molecule has 3 rings (SSSR count). The maximum absolute atomic E-state index is 12.9. The smallest absolute Gasteiger partial charge is 0.416 e. The quantitative estimate of drug-likeness (QED) is 0.626. The molecule has 1 atom stereocenters. The number of hydrogen-bond acceptors (Lipinski definition) is 5. The zero-order valence-electron chi connectivity index (χ0n) is 16.1. The van der Waals surface area contributed by atoms with Crippen LogP contribution in [0.3, 0.4) is 0 Å². The number of esters is 1. The van der Waals surface area contributed by atoms with Crippen LogP contribution in [0.1, 0.15) is 27.7 Å². The van der Waals surface area contributed by atoms with Crippen molar-refractivity contribution in [3.05, 3.63) is 93.9 Å². The van der Waals surface area contributed by atoms with Gasteiger partial charge in [0.05, 0.1) is 5.56 Å². The first-order chi connectivity index (χ1) is 14.6. The number of hydrogen-bond donors (Lipinski definition) is 1. The van der Waals surface area contributed by atoms with Gasteiger partial charge >= 0.3 is 12.1 Å². The van der Waals surface area contributed by atoms with E-state index in [9.17, 15) is 27.6 Å². The number of rotatable bonds is 5. The number of ether oxygens (including phenoxy) is 1. The molecule has 0 radical (unpaired) electrons. The van der Waals surface area contributed by atoms with E-state index in [4.69, 9.17) is 4.74 Å². The Morgan fingerprint density at radius 1 is 1.03 bits per heavy atom. The summed E-state index contributed by atoms with van der Waals surface area (Å²) in [5.41, 5.74) is -1.41. The largest absolute Gasteiger partial charge is 0.442 e. The first-order valence-electron chi connectivity index (χ1n) is 8.93. The third kappa shape index (κ3) is 5.35. The van der Waals surface area contributed by atoms with Gasteiger partial charge in [-0.15, -0.1) is 0 Å². The average molecular weight is 431 g/mol. The van der Waals surface area contributed by atoms with Gasteiger partial charge in [-0.05, 0) is 24.3 Å². The number of anilines is 1. The van der Waals surface area contributed by atoms with Crippen LogP contribution in [0.5, 0.6) is 0 Å². The number of halogens is 3. The van der Waals surface area contributed by atoms with Gasteiger partial charge < -0.3 is 10.1 Å². The lowest BCUT2D eigenvalue weighted by Crippen LogP contribution is -2.28. The molecular formula is C21H16F3N3O4. The molecule has 0 aliphatic carbocycles. The highest BCUT2D eigenvalue weighted by Crippen LogP contribution is 2.31. The van der Waals surface area contributed by atoms with Crippen LogP contribution < -0.4 is 10.9 Å². The molecule has 0 spiro atoms. The number of aryl methyl sites for hydroxylation is 1. The normalized spacial score (nSPS) is 12.1. The molecule has 0 bridgehead atoms. The van der Waals surface area contributed by atoms with Gasteiger partial charge in [0.25, 0.3) is 11.5 Å². The van der Waals surface area contributed by atoms with E-state index in [1.54, 1.807) is 18.2 Å². The van der Waals surface area contributed by atoms with Gasteiger partial charge in [0.15, 0.2) is 5.69 Å². The second kappa shape index (κ2) is 8.82. The SMILES string of the molecule is Cn1nc(C(=O)OC(C(=O)Nc2cccc(C(F)(F)F)c2)c2ccccc2)ccc1=O. The van der Waals surface area contributed by atoms with Crippen LogP contribution in [-0.4, -0.2) is 21.7 Å². The second-order valence-corrected chi connectivity index (χ2v) is 6.44. The lowest BCUT2D eigenvalue weighted by Gasteiger charge is -2.18. The molecule has 2 aromatic carbocycles. The highest BCUT2D eigenvalue weighted by molar-refractivity contribution is 5.97. The minimum absolute atomic E-state index is 0.114. The van der Waals surface area contributed by atoms with E-state index in [0.29, 0.717) is 5.56 Å². The summed E-state index contributed by atoms with van der Waals surface area (Å²) >= 11 is 0. The van der Waals surface area contributed by atoms with Crippen LogP contribution in [0.25, 0.3) is 0 Å². The van der Waals surface area contributed by atoms with Crippen molar-refractivity contribution in [2.45, 2.75) is 12.3 Å². The summed E-state index contributed by atoms with van der Waals surface area (Å²) in [6, 6.07) is 14.3. The highest BCUT2D eigenvalue weighted by atomic mass is 19.4. The molecule has 31 heavy (non-hydrogen) atoms. The van der Waals surface area contributed by atoms with Crippen LogP contribution in [0, 0.1) is 0 Å². The van der Waals surface area contributed by atoms with E-state index in [1.165, 1.54) is 25.2 Å². The van der Waals surface area contributed by atoms with E-state index in [1.807, 2.05) is 0 Å². The summed E-state index contributed by atoms with van der Waals surface area (Å²) in [7, 11) is 1.34. The molecule has 3 aromatic rings. The van der Waals surface area contributed by atoms with Crippen molar-refractivity contribution in [2.24, 2.45) is 7.05 Å². The van der Waals surface area contributed by atoms with E-state index in [-0.39, 0.29) is 11.4 Å². The summed E-state index contributed by atoms with van der Waals surface area (Å²) in [5, 5.41) is 6.11. The van der Waals surface area contributed by atoms with Crippen LogP contribution in [0.2, 0.25) is 0 Å². The Balaban J connectivity index is 1.87. The Labute approximate surface area is 174 Å². The molecule has 0 fully saturated rings. The third-order valence-electron chi connectivity index (χ3n) is 4.19. The van der Waals surface area contributed by atoms with Gasteiger partial charge in [0.2, 0.25) is 6.10 Å². The van der Waals surface area contributed by atoms with E-state index in [2.05, 4.69) is 10.4 Å². The van der Waals surface area contributed by atoms with Crippen LogP contribution in [-0.2, 0) is 22.8 Å². The number of carbonyl (C=O) groups excluding carboxylic acids is 2. The molecule has 0 saturated heterocycles. The maximum atomic E-state index is 12.9. The molecule has 1 aromatic heterocycles. The summed E-state index contributed by atoms with van der Waals surface area (Å²) in [6.45, 7) is 0. The number of aromatic nitrogens is 2. The number of nitrogens with zero attached hydrogens (tertiary/aromatic N) is 2. The first-order valence-corrected chi connectivity index (χ1v) is 8.93. The fraction of sp³-hybridized carbons (Fsp3) is 0.143. The lowest BCUT2D eigenvalue weighted by molar-refractivity contribution is -0.137. The Morgan fingerprint density at radius 2 is 1.74 bits per heavy atom. The van der Waals surface area contributed by atoms with Gasteiger partial charge in [-0.1, -0.05) is 36.4 Å². The highest BCUT2D eigenvalue weighted by Gasteiger charge is 2.31. The monoisotopic (exact) mass is 431 g/mol. The molecule has 1 unspecified atom stereocenters. The van der Waals surface area contributed by atoms with Crippen molar-refractivity contribution in [3.8, 4) is 0 Å². The van der Waals surface area contributed by atoms with Crippen LogP contribution in [0.15, 0.2) is 71.5 Å². The molecule has 0 aliphatic rings. The molecule has 1 heterocycles. The third-order valence-corrected chi connectivity index (χ3v) is 4.19. The molecule has 10 heteroatoms. The molecular weight excluding hydrogens is 415 g/mol. The molecule has 0 saturated carbocycles. The Hall–Kier alpha value is -3.95. The van der Waals surface area contributed by atoms with Crippen molar-refractivity contribution in [1.82, 2.24) is 9.78 Å². The van der Waals surface area contributed by atoms with Gasteiger partial charge in [0, 0.05) is 24.4 Å². The fourth-order valence-corrected chi connectivity index (χ4v) is 2.66. The van der Waals surface area contributed by atoms with Crippen LogP contribution >= 0.6 is 0 Å². The predicted octanol–water partition coefficient (Wildman–Crippen LogP) is 3.34. The van der Waals surface area contributed by atoms with E-state index < -0.39 is 35.3 Å². The Kier molecular flexibility index (Phi) is 6.19. The minimum Gasteiger partial charge on any atom is -0.442 e. The number of alkyl halides is 3. The lowest BCUT2D eigenvalue weighted by atomic mass is 10.1. The van der Waals surface area contributed by atoms with E-state index in [0.717, 1.165) is 35.0 Å². The maximum Gasteiger partial charge on any atom is 0.416 e. The fourth-order valence-electron chi connectivity index (χ4n) is 2.66. The van der Waals surface area contributed by atoms with Gasteiger partial charge in [-0.25, -0.2) is 9.48 Å². The van der Waals surface area contributed by atoms with Crippen molar-refractivity contribution in [2.75, 3.05) is 5.32 Å².